The minimum absolute atomic E-state index is 0.551. The summed E-state index contributed by atoms with van der Waals surface area (Å²) in [6, 6.07) is 7.97. The van der Waals surface area contributed by atoms with Crippen LogP contribution in [0.1, 0.15) is 13.8 Å². The van der Waals surface area contributed by atoms with Crippen molar-refractivity contribution >= 4 is 32.8 Å². The summed E-state index contributed by atoms with van der Waals surface area (Å²) < 4.78 is 2.83. The van der Waals surface area contributed by atoms with E-state index in [1.165, 1.54) is 0 Å². The Morgan fingerprint density at radius 1 is 1.29 bits per heavy atom. The van der Waals surface area contributed by atoms with Crippen molar-refractivity contribution in [3.63, 3.8) is 0 Å². The van der Waals surface area contributed by atoms with Gasteiger partial charge in [-0.15, -0.1) is 0 Å². The molecule has 0 bridgehead atoms. The molecule has 6 heteroatoms. The van der Waals surface area contributed by atoms with Crippen LogP contribution in [-0.4, -0.2) is 26.3 Å². The molecule has 0 unspecified atom stereocenters. The second-order valence-electron chi connectivity index (χ2n) is 5.27. The predicted molar refractivity (Wildman–Crippen MR) is 87.7 cm³/mol. The smallest absolute Gasteiger partial charge is 0.168 e. The van der Waals surface area contributed by atoms with Gasteiger partial charge in [0.2, 0.25) is 0 Å². The fourth-order valence-corrected chi connectivity index (χ4v) is 2.47. The Balaban J connectivity index is 2.05. The number of nitrogens with one attached hydrogen (secondary N) is 1. The van der Waals surface area contributed by atoms with Crippen molar-refractivity contribution in [2.75, 3.05) is 11.9 Å². The summed E-state index contributed by atoms with van der Waals surface area (Å²) in [4.78, 5) is 8.69. The van der Waals surface area contributed by atoms with Crippen LogP contribution >= 0.6 is 15.9 Å². The first-order valence-electron chi connectivity index (χ1n) is 6.83. The largest absolute Gasteiger partial charge is 0.369 e. The molecule has 0 amide bonds. The lowest BCUT2D eigenvalue weighted by Crippen LogP contribution is -2.09. The van der Waals surface area contributed by atoms with Crippen LogP contribution in [0.3, 0.4) is 0 Å². The molecule has 0 fully saturated rings. The van der Waals surface area contributed by atoms with Gasteiger partial charge in [-0.2, -0.15) is 5.10 Å². The Hall–Kier alpha value is -1.95. The number of halogens is 1. The molecule has 21 heavy (non-hydrogen) atoms. The Bertz CT molecular complexity index is 766. The van der Waals surface area contributed by atoms with Gasteiger partial charge in [0.15, 0.2) is 5.65 Å². The van der Waals surface area contributed by atoms with E-state index in [-0.39, 0.29) is 0 Å². The van der Waals surface area contributed by atoms with Gasteiger partial charge in [0, 0.05) is 11.0 Å². The van der Waals surface area contributed by atoms with Gasteiger partial charge in [0.25, 0.3) is 0 Å². The Kier molecular flexibility index (Phi) is 3.88. The van der Waals surface area contributed by atoms with Gasteiger partial charge >= 0.3 is 0 Å². The molecule has 5 nitrogen and oxygen atoms in total. The summed E-state index contributed by atoms with van der Waals surface area (Å²) in [5, 5.41) is 8.73. The summed E-state index contributed by atoms with van der Waals surface area (Å²) in [5.74, 6) is 1.38. The molecule has 2 heterocycles. The van der Waals surface area contributed by atoms with Crippen LogP contribution in [0.2, 0.25) is 0 Å². The predicted octanol–water partition coefficient (Wildman–Crippen LogP) is 3.65. The van der Waals surface area contributed by atoms with E-state index in [1.807, 2.05) is 28.9 Å². The van der Waals surface area contributed by atoms with Crippen molar-refractivity contribution < 1.29 is 0 Å². The highest BCUT2D eigenvalue weighted by Gasteiger charge is 2.11. The number of aromatic nitrogens is 4. The first-order chi connectivity index (χ1) is 10.1. The summed E-state index contributed by atoms with van der Waals surface area (Å²) >= 11 is 3.48. The third kappa shape index (κ3) is 2.90. The maximum atomic E-state index is 4.45. The topological polar surface area (TPSA) is 55.6 Å². The van der Waals surface area contributed by atoms with Crippen LogP contribution < -0.4 is 5.32 Å². The van der Waals surface area contributed by atoms with Gasteiger partial charge in [-0.1, -0.05) is 35.8 Å². The summed E-state index contributed by atoms with van der Waals surface area (Å²) in [6.45, 7) is 5.20. The van der Waals surface area contributed by atoms with Crippen LogP contribution in [0, 0.1) is 5.92 Å². The van der Waals surface area contributed by atoms with Crippen LogP contribution in [-0.2, 0) is 0 Å². The molecule has 0 spiro atoms. The molecule has 0 atom stereocenters. The van der Waals surface area contributed by atoms with E-state index in [0.717, 1.165) is 33.6 Å². The van der Waals surface area contributed by atoms with E-state index in [0.29, 0.717) is 5.92 Å². The second kappa shape index (κ2) is 5.81. The van der Waals surface area contributed by atoms with Crippen LogP contribution in [0.25, 0.3) is 16.7 Å². The molecular formula is C15H16BrN5. The van der Waals surface area contributed by atoms with Gasteiger partial charge in [-0.3, -0.25) is 0 Å². The van der Waals surface area contributed by atoms with E-state index >= 15 is 0 Å². The van der Waals surface area contributed by atoms with Crippen molar-refractivity contribution in [3.05, 3.63) is 41.3 Å². The molecule has 0 saturated heterocycles. The van der Waals surface area contributed by atoms with Gasteiger partial charge in [0.05, 0.1) is 17.3 Å². The van der Waals surface area contributed by atoms with Gasteiger partial charge in [-0.05, 0) is 24.1 Å². The SMILES string of the molecule is CC(C)CNc1ncnc2c1cnn2-c1cccc(Br)c1. The Labute approximate surface area is 131 Å². The second-order valence-corrected chi connectivity index (χ2v) is 6.19. The molecular weight excluding hydrogens is 330 g/mol. The fraction of sp³-hybridized carbons (Fsp3) is 0.267. The number of hydrogen-bond acceptors (Lipinski definition) is 4. The average Bonchev–Trinajstić information content (AvgIpc) is 2.89. The zero-order chi connectivity index (χ0) is 14.8. The van der Waals surface area contributed by atoms with Crippen molar-refractivity contribution in [1.82, 2.24) is 19.7 Å². The number of anilines is 1. The standard InChI is InChI=1S/C15H16BrN5/c1-10(2)7-17-14-13-8-20-21(15(13)19-9-18-14)12-5-3-4-11(16)6-12/h3-6,8-10H,7H2,1-2H3,(H,17,18,19). The molecule has 1 N–H and O–H groups in total. The van der Waals surface area contributed by atoms with Crippen molar-refractivity contribution in [1.29, 1.82) is 0 Å². The molecule has 1 aromatic carbocycles. The van der Waals surface area contributed by atoms with Gasteiger partial charge < -0.3 is 5.32 Å². The molecule has 108 valence electrons. The molecule has 0 aliphatic rings. The Morgan fingerprint density at radius 2 is 2.14 bits per heavy atom. The molecule has 3 rings (SSSR count). The zero-order valence-corrected chi connectivity index (χ0v) is 13.5. The molecule has 0 aliphatic carbocycles. The van der Waals surface area contributed by atoms with E-state index in [2.05, 4.69) is 50.2 Å². The lowest BCUT2D eigenvalue weighted by Gasteiger charge is -2.08. The fourth-order valence-electron chi connectivity index (χ4n) is 2.08. The third-order valence-corrected chi connectivity index (χ3v) is 3.59. The van der Waals surface area contributed by atoms with Crippen LogP contribution in [0.5, 0.6) is 0 Å². The van der Waals surface area contributed by atoms with Crippen molar-refractivity contribution in [2.24, 2.45) is 5.92 Å². The normalized spacial score (nSPS) is 11.2. The summed E-state index contributed by atoms with van der Waals surface area (Å²) in [7, 11) is 0. The number of fused-ring (bicyclic) bond motifs is 1. The first-order valence-corrected chi connectivity index (χ1v) is 7.63. The summed E-state index contributed by atoms with van der Waals surface area (Å²) in [5.41, 5.74) is 1.77. The van der Waals surface area contributed by atoms with Crippen LogP contribution in [0.15, 0.2) is 41.3 Å². The maximum absolute atomic E-state index is 4.45. The van der Waals surface area contributed by atoms with Crippen molar-refractivity contribution in [2.45, 2.75) is 13.8 Å². The van der Waals surface area contributed by atoms with E-state index < -0.39 is 0 Å². The average molecular weight is 346 g/mol. The lowest BCUT2D eigenvalue weighted by atomic mass is 10.2. The zero-order valence-electron chi connectivity index (χ0n) is 11.9. The highest BCUT2D eigenvalue weighted by molar-refractivity contribution is 9.10. The number of nitrogens with zero attached hydrogens (tertiary/aromatic N) is 4. The third-order valence-electron chi connectivity index (χ3n) is 3.10. The number of rotatable bonds is 4. The molecule has 3 aromatic rings. The molecule has 0 radical (unpaired) electrons. The monoisotopic (exact) mass is 345 g/mol. The highest BCUT2D eigenvalue weighted by Crippen LogP contribution is 2.23. The lowest BCUT2D eigenvalue weighted by molar-refractivity contribution is 0.687. The van der Waals surface area contributed by atoms with E-state index in [4.69, 9.17) is 0 Å². The van der Waals surface area contributed by atoms with Gasteiger partial charge in [-0.25, -0.2) is 14.6 Å². The molecule has 0 aliphatic heterocycles. The van der Waals surface area contributed by atoms with Gasteiger partial charge in [0.1, 0.15) is 12.1 Å². The molecule has 2 aromatic heterocycles. The quantitative estimate of drug-likeness (QED) is 0.784. The minimum atomic E-state index is 0.551. The van der Waals surface area contributed by atoms with E-state index in [9.17, 15) is 0 Å². The number of benzene rings is 1. The molecule has 0 saturated carbocycles. The van der Waals surface area contributed by atoms with Crippen LogP contribution in [0.4, 0.5) is 5.82 Å². The van der Waals surface area contributed by atoms with E-state index in [1.54, 1.807) is 12.5 Å². The first kappa shape index (κ1) is 14.0. The highest BCUT2D eigenvalue weighted by atomic mass is 79.9. The number of hydrogen-bond donors (Lipinski definition) is 1. The Morgan fingerprint density at radius 3 is 2.90 bits per heavy atom. The maximum Gasteiger partial charge on any atom is 0.168 e. The summed E-state index contributed by atoms with van der Waals surface area (Å²) in [6.07, 6.45) is 3.38. The van der Waals surface area contributed by atoms with Crippen molar-refractivity contribution in [3.8, 4) is 5.69 Å². The minimum Gasteiger partial charge on any atom is -0.369 e.